The van der Waals surface area contributed by atoms with E-state index >= 15 is 0 Å². The Bertz CT molecular complexity index is 1000. The van der Waals surface area contributed by atoms with Crippen molar-refractivity contribution in [3.8, 4) is 0 Å². The first-order valence-electron chi connectivity index (χ1n) is 9.97. The molecule has 2 aromatic rings. The first-order valence-corrected chi connectivity index (χ1v) is 12.2. The molecule has 30 heavy (non-hydrogen) atoms. The van der Waals surface area contributed by atoms with E-state index in [1.165, 1.54) is 32.3 Å². The molecular formula is C22H26BrFN2O3S. The van der Waals surface area contributed by atoms with E-state index in [2.05, 4.69) is 15.9 Å². The SMILES string of the molecule is CN(C)S(=O)(=O)c1cc(C(=O)N(Cc2ccc(F)cc2)C2CCCCC2)ccc1Br. The maximum Gasteiger partial charge on any atom is 0.254 e. The van der Waals surface area contributed by atoms with E-state index in [4.69, 9.17) is 0 Å². The highest BCUT2D eigenvalue weighted by molar-refractivity contribution is 9.10. The summed E-state index contributed by atoms with van der Waals surface area (Å²) >= 11 is 3.29. The zero-order chi connectivity index (χ0) is 21.9. The lowest BCUT2D eigenvalue weighted by Crippen LogP contribution is -2.41. The van der Waals surface area contributed by atoms with Gasteiger partial charge in [0.15, 0.2) is 0 Å². The summed E-state index contributed by atoms with van der Waals surface area (Å²) in [4.78, 5) is 15.4. The van der Waals surface area contributed by atoms with Gasteiger partial charge in [0.25, 0.3) is 5.91 Å². The van der Waals surface area contributed by atoms with Crippen LogP contribution in [-0.4, -0.2) is 43.7 Å². The maximum absolute atomic E-state index is 13.5. The number of hydrogen-bond acceptors (Lipinski definition) is 3. The van der Waals surface area contributed by atoms with Gasteiger partial charge < -0.3 is 4.90 Å². The summed E-state index contributed by atoms with van der Waals surface area (Å²) in [6.45, 7) is 0.357. The van der Waals surface area contributed by atoms with Crippen molar-refractivity contribution in [1.29, 1.82) is 0 Å². The van der Waals surface area contributed by atoms with Crippen LogP contribution in [0.4, 0.5) is 4.39 Å². The topological polar surface area (TPSA) is 57.7 Å². The van der Waals surface area contributed by atoms with Gasteiger partial charge in [-0.25, -0.2) is 17.1 Å². The molecule has 0 spiro atoms. The molecule has 0 bridgehead atoms. The van der Waals surface area contributed by atoms with E-state index in [-0.39, 0.29) is 22.7 Å². The summed E-state index contributed by atoms with van der Waals surface area (Å²) in [7, 11) is -0.789. The molecule has 1 saturated carbocycles. The number of hydrogen-bond donors (Lipinski definition) is 0. The first-order chi connectivity index (χ1) is 14.2. The van der Waals surface area contributed by atoms with Crippen molar-refractivity contribution < 1.29 is 17.6 Å². The van der Waals surface area contributed by atoms with Crippen LogP contribution < -0.4 is 0 Å². The molecule has 1 fully saturated rings. The zero-order valence-electron chi connectivity index (χ0n) is 17.1. The van der Waals surface area contributed by atoms with Crippen LogP contribution in [0.15, 0.2) is 51.8 Å². The van der Waals surface area contributed by atoms with Gasteiger partial charge in [-0.2, -0.15) is 0 Å². The van der Waals surface area contributed by atoms with Gasteiger partial charge in [-0.15, -0.1) is 0 Å². The maximum atomic E-state index is 13.5. The lowest BCUT2D eigenvalue weighted by Gasteiger charge is -2.35. The molecule has 1 amide bonds. The molecular weight excluding hydrogens is 471 g/mol. The van der Waals surface area contributed by atoms with Crippen LogP contribution in [-0.2, 0) is 16.6 Å². The van der Waals surface area contributed by atoms with Crippen LogP contribution in [0.5, 0.6) is 0 Å². The summed E-state index contributed by atoms with van der Waals surface area (Å²) in [5.41, 5.74) is 1.17. The quantitative estimate of drug-likeness (QED) is 0.576. The highest BCUT2D eigenvalue weighted by Crippen LogP contribution is 2.29. The molecule has 0 N–H and O–H groups in total. The fraction of sp³-hybridized carbons (Fsp3) is 0.409. The smallest absolute Gasteiger partial charge is 0.254 e. The zero-order valence-corrected chi connectivity index (χ0v) is 19.5. The van der Waals surface area contributed by atoms with Gasteiger partial charge in [0, 0.05) is 36.7 Å². The number of amides is 1. The molecule has 2 aromatic carbocycles. The average Bonchev–Trinajstić information content (AvgIpc) is 2.73. The van der Waals surface area contributed by atoms with Gasteiger partial charge >= 0.3 is 0 Å². The third kappa shape index (κ3) is 5.10. The summed E-state index contributed by atoms with van der Waals surface area (Å²) in [5.74, 6) is -0.533. The Kier molecular flexibility index (Phi) is 7.31. The van der Waals surface area contributed by atoms with Gasteiger partial charge in [-0.3, -0.25) is 4.79 Å². The van der Waals surface area contributed by atoms with Crippen LogP contribution in [0.25, 0.3) is 0 Å². The summed E-state index contributed by atoms with van der Waals surface area (Å²) < 4.78 is 40.2. The highest BCUT2D eigenvalue weighted by atomic mass is 79.9. The van der Waals surface area contributed by atoms with Gasteiger partial charge in [-0.1, -0.05) is 31.4 Å². The van der Waals surface area contributed by atoms with Gasteiger partial charge in [-0.05, 0) is 64.7 Å². The molecule has 0 atom stereocenters. The Labute approximate surface area is 186 Å². The molecule has 0 aromatic heterocycles. The molecule has 0 heterocycles. The van der Waals surface area contributed by atoms with E-state index < -0.39 is 10.0 Å². The average molecular weight is 497 g/mol. The van der Waals surface area contributed by atoms with Crippen molar-refractivity contribution in [2.45, 2.75) is 49.6 Å². The third-order valence-corrected chi connectivity index (χ3v) is 8.29. The van der Waals surface area contributed by atoms with Gasteiger partial charge in [0.05, 0.1) is 4.90 Å². The Balaban J connectivity index is 1.97. The van der Waals surface area contributed by atoms with Crippen LogP contribution in [0.1, 0.15) is 48.0 Å². The van der Waals surface area contributed by atoms with Crippen molar-refractivity contribution in [1.82, 2.24) is 9.21 Å². The number of sulfonamides is 1. The van der Waals surface area contributed by atoms with Gasteiger partial charge in [0.1, 0.15) is 5.82 Å². The Morgan fingerprint density at radius 1 is 1.07 bits per heavy atom. The lowest BCUT2D eigenvalue weighted by molar-refractivity contribution is 0.0614. The molecule has 162 valence electrons. The van der Waals surface area contributed by atoms with Crippen molar-refractivity contribution in [2.24, 2.45) is 0 Å². The molecule has 0 unspecified atom stereocenters. The minimum atomic E-state index is -3.70. The number of benzene rings is 2. The van der Waals surface area contributed by atoms with Crippen molar-refractivity contribution in [3.05, 3.63) is 63.9 Å². The number of carbonyl (C=O) groups is 1. The van der Waals surface area contributed by atoms with Crippen LogP contribution >= 0.6 is 15.9 Å². The third-order valence-electron chi connectivity index (χ3n) is 5.48. The summed E-state index contributed by atoms with van der Waals surface area (Å²) in [6, 6.07) is 10.9. The monoisotopic (exact) mass is 496 g/mol. The summed E-state index contributed by atoms with van der Waals surface area (Å²) in [5, 5.41) is 0. The molecule has 3 rings (SSSR count). The van der Waals surface area contributed by atoms with E-state index in [1.807, 2.05) is 4.90 Å². The largest absolute Gasteiger partial charge is 0.331 e. The second-order valence-electron chi connectivity index (χ2n) is 7.78. The van der Waals surface area contributed by atoms with E-state index in [0.29, 0.717) is 16.6 Å². The number of carbonyl (C=O) groups excluding carboxylic acids is 1. The number of nitrogens with zero attached hydrogens (tertiary/aromatic N) is 2. The normalized spacial score (nSPS) is 15.4. The van der Waals surface area contributed by atoms with E-state index in [0.717, 1.165) is 42.0 Å². The molecule has 1 aliphatic carbocycles. The van der Waals surface area contributed by atoms with Crippen LogP contribution in [0, 0.1) is 5.82 Å². The second kappa shape index (κ2) is 9.58. The van der Waals surface area contributed by atoms with Crippen molar-refractivity contribution in [3.63, 3.8) is 0 Å². The van der Waals surface area contributed by atoms with Crippen molar-refractivity contribution >= 4 is 31.9 Å². The standard InChI is InChI=1S/C22H26BrFN2O3S/c1-25(2)30(28,29)21-14-17(10-13-20(21)23)22(27)26(19-6-4-3-5-7-19)15-16-8-11-18(24)12-9-16/h8-14,19H,3-7,15H2,1-2H3. The Hall–Kier alpha value is -1.77. The molecule has 0 saturated heterocycles. The molecule has 0 aliphatic heterocycles. The Morgan fingerprint density at radius 2 is 1.70 bits per heavy atom. The number of rotatable bonds is 6. The predicted octanol–water partition coefficient (Wildman–Crippen LogP) is 4.81. The number of halogens is 2. The highest BCUT2D eigenvalue weighted by Gasteiger charge is 2.28. The van der Waals surface area contributed by atoms with Crippen LogP contribution in [0.2, 0.25) is 0 Å². The Morgan fingerprint density at radius 3 is 2.30 bits per heavy atom. The van der Waals surface area contributed by atoms with E-state index in [1.54, 1.807) is 24.3 Å². The fourth-order valence-corrected chi connectivity index (χ4v) is 5.59. The lowest BCUT2D eigenvalue weighted by atomic mass is 9.93. The predicted molar refractivity (Wildman–Crippen MR) is 118 cm³/mol. The minimum Gasteiger partial charge on any atom is -0.331 e. The molecule has 5 nitrogen and oxygen atoms in total. The molecule has 1 aliphatic rings. The van der Waals surface area contributed by atoms with E-state index in [9.17, 15) is 17.6 Å². The molecule has 8 heteroatoms. The second-order valence-corrected chi connectivity index (χ2v) is 10.8. The molecule has 0 radical (unpaired) electrons. The first kappa shape index (κ1) is 22.9. The fourth-order valence-electron chi connectivity index (χ4n) is 3.74. The van der Waals surface area contributed by atoms with Crippen molar-refractivity contribution in [2.75, 3.05) is 14.1 Å². The summed E-state index contributed by atoms with van der Waals surface area (Å²) in [6.07, 6.45) is 5.08. The minimum absolute atomic E-state index is 0.0590. The van der Waals surface area contributed by atoms with Crippen LogP contribution in [0.3, 0.4) is 0 Å². The van der Waals surface area contributed by atoms with Gasteiger partial charge in [0.2, 0.25) is 10.0 Å².